The van der Waals surface area contributed by atoms with E-state index < -0.39 is 24.1 Å². The number of aliphatic hydroxyl groups excluding tert-OH is 1. The van der Waals surface area contributed by atoms with Crippen molar-refractivity contribution in [3.8, 4) is 0 Å². The number of halogens is 3. The number of hydrogen-bond donors (Lipinski definition) is 2. The van der Waals surface area contributed by atoms with Crippen LogP contribution in [0.3, 0.4) is 0 Å². The Hall–Kier alpha value is -0.290. The van der Waals surface area contributed by atoms with Crippen LogP contribution in [0.15, 0.2) is 0 Å². The van der Waals surface area contributed by atoms with Crippen LogP contribution < -0.4 is 5.73 Å². The molecule has 0 amide bonds. The lowest BCUT2D eigenvalue weighted by atomic mass is 9.90. The van der Waals surface area contributed by atoms with E-state index in [9.17, 15) is 13.2 Å². The molecule has 0 heterocycles. The van der Waals surface area contributed by atoms with Crippen molar-refractivity contribution >= 4 is 0 Å². The molecule has 3 atom stereocenters. The van der Waals surface area contributed by atoms with Gasteiger partial charge in [0.15, 0.2) is 0 Å². The quantitative estimate of drug-likeness (QED) is 0.692. The maximum absolute atomic E-state index is 12.0. The maximum atomic E-state index is 12.0. The van der Waals surface area contributed by atoms with E-state index in [0.29, 0.717) is 0 Å². The molecule has 5 heteroatoms. The average molecular weight is 185 g/mol. The van der Waals surface area contributed by atoms with Crippen LogP contribution in [0.1, 0.15) is 13.8 Å². The number of hydrogen-bond acceptors (Lipinski definition) is 2. The lowest BCUT2D eigenvalue weighted by Gasteiger charge is -2.25. The third kappa shape index (κ3) is 2.98. The van der Waals surface area contributed by atoms with Gasteiger partial charge in [0.1, 0.15) is 0 Å². The predicted octanol–water partition coefficient (Wildman–Crippen LogP) is 1.14. The third-order valence-corrected chi connectivity index (χ3v) is 2.15. The smallest absolute Gasteiger partial charge is 0.391 e. The van der Waals surface area contributed by atoms with Gasteiger partial charge in [-0.3, -0.25) is 0 Å². The van der Waals surface area contributed by atoms with E-state index in [0.717, 1.165) is 6.92 Å². The molecule has 0 saturated carbocycles. The van der Waals surface area contributed by atoms with Gasteiger partial charge < -0.3 is 10.8 Å². The fourth-order valence-corrected chi connectivity index (χ4v) is 0.846. The first-order valence-electron chi connectivity index (χ1n) is 3.75. The van der Waals surface area contributed by atoms with Gasteiger partial charge in [0.2, 0.25) is 0 Å². The lowest BCUT2D eigenvalue weighted by Crippen LogP contribution is -2.37. The largest absolute Gasteiger partial charge is 0.392 e. The molecule has 0 saturated heterocycles. The van der Waals surface area contributed by atoms with Gasteiger partial charge in [-0.15, -0.1) is 0 Å². The fraction of sp³-hybridized carbons (Fsp3) is 1.00. The summed E-state index contributed by atoms with van der Waals surface area (Å²) in [7, 11) is 0. The molecular formula is C7H14F3NO. The molecule has 12 heavy (non-hydrogen) atoms. The van der Waals surface area contributed by atoms with E-state index >= 15 is 0 Å². The van der Waals surface area contributed by atoms with Crippen LogP contribution in [0.5, 0.6) is 0 Å². The minimum Gasteiger partial charge on any atom is -0.392 e. The molecule has 0 aromatic carbocycles. The van der Waals surface area contributed by atoms with Crippen LogP contribution in [-0.2, 0) is 0 Å². The molecule has 0 aromatic rings. The Balaban J connectivity index is 4.19. The van der Waals surface area contributed by atoms with Gasteiger partial charge in [0.05, 0.1) is 12.0 Å². The molecule has 0 aromatic heterocycles. The Morgan fingerprint density at radius 1 is 1.33 bits per heavy atom. The van der Waals surface area contributed by atoms with Crippen LogP contribution in [0, 0.1) is 11.8 Å². The average Bonchev–Trinajstić information content (AvgIpc) is 1.98. The van der Waals surface area contributed by atoms with Gasteiger partial charge >= 0.3 is 6.18 Å². The third-order valence-electron chi connectivity index (χ3n) is 2.15. The molecule has 3 unspecified atom stereocenters. The second-order valence-electron chi connectivity index (χ2n) is 2.99. The number of rotatable bonds is 3. The minimum atomic E-state index is -4.25. The molecule has 0 rings (SSSR count). The highest BCUT2D eigenvalue weighted by Crippen LogP contribution is 2.32. The van der Waals surface area contributed by atoms with Gasteiger partial charge in [0.25, 0.3) is 0 Å². The molecule has 0 aliphatic carbocycles. The summed E-state index contributed by atoms with van der Waals surface area (Å²) < 4.78 is 36.1. The van der Waals surface area contributed by atoms with Crippen molar-refractivity contribution in [3.05, 3.63) is 0 Å². The summed E-state index contributed by atoms with van der Waals surface area (Å²) in [6.07, 6.45) is -5.34. The molecule has 2 nitrogen and oxygen atoms in total. The van der Waals surface area contributed by atoms with Crippen molar-refractivity contribution in [3.63, 3.8) is 0 Å². The SMILES string of the molecule is CC(C(O)CN)C(C)C(F)(F)F. The molecule has 0 fully saturated rings. The normalized spacial score (nSPS) is 20.2. The zero-order valence-electron chi connectivity index (χ0n) is 7.10. The number of aliphatic hydroxyl groups is 1. The van der Waals surface area contributed by atoms with Crippen molar-refractivity contribution in [1.82, 2.24) is 0 Å². The van der Waals surface area contributed by atoms with Crippen LogP contribution in [0.4, 0.5) is 13.2 Å². The highest BCUT2D eigenvalue weighted by atomic mass is 19.4. The molecule has 0 aliphatic rings. The first-order valence-corrected chi connectivity index (χ1v) is 3.75. The van der Waals surface area contributed by atoms with Gasteiger partial charge in [-0.1, -0.05) is 13.8 Å². The van der Waals surface area contributed by atoms with E-state index in [2.05, 4.69) is 0 Å². The maximum Gasteiger partial charge on any atom is 0.391 e. The van der Waals surface area contributed by atoms with Gasteiger partial charge in [-0.25, -0.2) is 0 Å². The number of alkyl halides is 3. The second-order valence-corrected chi connectivity index (χ2v) is 2.99. The van der Waals surface area contributed by atoms with Crippen LogP contribution in [0.2, 0.25) is 0 Å². The van der Waals surface area contributed by atoms with Gasteiger partial charge in [0, 0.05) is 6.54 Å². The Labute approximate surface area is 69.6 Å². The summed E-state index contributed by atoms with van der Waals surface area (Å²) in [5.41, 5.74) is 5.04. The molecule has 0 bridgehead atoms. The Kier molecular flexibility index (Phi) is 3.99. The summed E-state index contributed by atoms with van der Waals surface area (Å²) in [5, 5.41) is 9.04. The molecule has 0 aliphatic heterocycles. The Morgan fingerprint density at radius 3 is 2.00 bits per heavy atom. The van der Waals surface area contributed by atoms with Gasteiger partial charge in [-0.05, 0) is 5.92 Å². The van der Waals surface area contributed by atoms with Crippen LogP contribution in [0.25, 0.3) is 0 Å². The topological polar surface area (TPSA) is 46.2 Å². The highest BCUT2D eigenvalue weighted by molar-refractivity contribution is 4.75. The van der Waals surface area contributed by atoms with Crippen molar-refractivity contribution in [2.45, 2.75) is 26.1 Å². The van der Waals surface area contributed by atoms with Crippen molar-refractivity contribution < 1.29 is 18.3 Å². The molecular weight excluding hydrogens is 171 g/mol. The zero-order valence-corrected chi connectivity index (χ0v) is 7.10. The Bertz CT molecular complexity index is 137. The van der Waals surface area contributed by atoms with E-state index in [1.54, 1.807) is 0 Å². The van der Waals surface area contributed by atoms with E-state index in [1.807, 2.05) is 0 Å². The first kappa shape index (κ1) is 11.7. The standard InChI is InChI=1S/C7H14F3NO/c1-4(6(12)3-11)5(2)7(8,9)10/h4-6,12H,3,11H2,1-2H3. The van der Waals surface area contributed by atoms with Crippen molar-refractivity contribution in [2.24, 2.45) is 17.6 Å². The lowest BCUT2D eigenvalue weighted by molar-refractivity contribution is -0.190. The Morgan fingerprint density at radius 2 is 1.75 bits per heavy atom. The summed E-state index contributed by atoms with van der Waals surface area (Å²) in [6.45, 7) is 2.25. The van der Waals surface area contributed by atoms with Crippen molar-refractivity contribution in [1.29, 1.82) is 0 Å². The van der Waals surface area contributed by atoms with Crippen molar-refractivity contribution in [2.75, 3.05) is 6.54 Å². The first-order chi connectivity index (χ1) is 5.30. The van der Waals surface area contributed by atoms with Crippen LogP contribution in [-0.4, -0.2) is 23.9 Å². The summed E-state index contributed by atoms with van der Waals surface area (Å²) in [6, 6.07) is 0. The van der Waals surface area contributed by atoms with Gasteiger partial charge in [-0.2, -0.15) is 13.2 Å². The highest BCUT2D eigenvalue weighted by Gasteiger charge is 2.41. The molecule has 0 radical (unpaired) electrons. The predicted molar refractivity (Wildman–Crippen MR) is 39.4 cm³/mol. The van der Waals surface area contributed by atoms with E-state index in [1.165, 1.54) is 6.92 Å². The second kappa shape index (κ2) is 4.09. The van der Waals surface area contributed by atoms with E-state index in [4.69, 9.17) is 10.8 Å². The van der Waals surface area contributed by atoms with Crippen LogP contribution >= 0.6 is 0 Å². The molecule has 3 N–H and O–H groups in total. The molecule has 0 spiro atoms. The monoisotopic (exact) mass is 185 g/mol. The zero-order chi connectivity index (χ0) is 9.94. The summed E-state index contributed by atoms with van der Waals surface area (Å²) >= 11 is 0. The molecule has 74 valence electrons. The fourth-order valence-electron chi connectivity index (χ4n) is 0.846. The van der Waals surface area contributed by atoms with E-state index in [-0.39, 0.29) is 6.54 Å². The summed E-state index contributed by atoms with van der Waals surface area (Å²) in [5.74, 6) is -2.37. The minimum absolute atomic E-state index is 0.137. The summed E-state index contributed by atoms with van der Waals surface area (Å²) in [4.78, 5) is 0. The number of nitrogens with two attached hydrogens (primary N) is 1.